The van der Waals surface area contributed by atoms with Crippen molar-refractivity contribution in [3.05, 3.63) is 47.2 Å². The van der Waals surface area contributed by atoms with Crippen LogP contribution in [0.2, 0.25) is 5.02 Å². The zero-order valence-electron chi connectivity index (χ0n) is 9.35. The minimum absolute atomic E-state index is 0.0824. The van der Waals surface area contributed by atoms with Crippen molar-refractivity contribution in [2.75, 3.05) is 6.61 Å². The highest BCUT2D eigenvalue weighted by Crippen LogP contribution is 2.29. The molecule has 0 aliphatic heterocycles. The van der Waals surface area contributed by atoms with E-state index in [1.54, 1.807) is 18.2 Å². The number of furan rings is 1. The molecular weight excluding hydrogens is 252 g/mol. The van der Waals surface area contributed by atoms with E-state index in [9.17, 15) is 4.79 Å². The number of hydrogen-bond acceptors (Lipinski definition) is 3. The van der Waals surface area contributed by atoms with Crippen LogP contribution in [0.5, 0.6) is 0 Å². The van der Waals surface area contributed by atoms with Gasteiger partial charge in [-0.2, -0.15) is 0 Å². The molecule has 3 nitrogen and oxygen atoms in total. The van der Waals surface area contributed by atoms with E-state index in [1.165, 1.54) is 6.07 Å². The van der Waals surface area contributed by atoms with Crippen LogP contribution >= 0.6 is 11.6 Å². The topological polar surface area (TPSA) is 39.4 Å². The molecule has 1 aromatic heterocycles. The predicted octanol–water partition coefficient (Wildman–Crippen LogP) is 3.39. The number of terminal acetylenes is 1. The van der Waals surface area contributed by atoms with Crippen molar-refractivity contribution < 1.29 is 13.9 Å². The van der Waals surface area contributed by atoms with Gasteiger partial charge in [0.1, 0.15) is 5.76 Å². The number of halogens is 1. The summed E-state index contributed by atoms with van der Waals surface area (Å²) in [6, 6.07) is 10.4. The predicted molar refractivity (Wildman–Crippen MR) is 68.3 cm³/mol. The lowest BCUT2D eigenvalue weighted by Crippen LogP contribution is -2.03. The molecule has 2 rings (SSSR count). The van der Waals surface area contributed by atoms with E-state index in [-0.39, 0.29) is 12.4 Å². The van der Waals surface area contributed by atoms with E-state index in [4.69, 9.17) is 27.2 Å². The fourth-order valence-corrected chi connectivity index (χ4v) is 1.66. The van der Waals surface area contributed by atoms with Crippen LogP contribution < -0.4 is 0 Å². The Morgan fingerprint density at radius 2 is 2.11 bits per heavy atom. The highest BCUT2D eigenvalue weighted by Gasteiger charge is 2.14. The molecule has 1 aromatic carbocycles. The maximum Gasteiger partial charge on any atom is 0.375 e. The second kappa shape index (κ2) is 5.44. The zero-order valence-corrected chi connectivity index (χ0v) is 10.1. The van der Waals surface area contributed by atoms with Crippen LogP contribution in [-0.4, -0.2) is 12.6 Å². The average molecular weight is 261 g/mol. The highest BCUT2D eigenvalue weighted by molar-refractivity contribution is 6.33. The van der Waals surface area contributed by atoms with Crippen molar-refractivity contribution >= 4 is 17.6 Å². The Kier molecular flexibility index (Phi) is 3.71. The maximum atomic E-state index is 11.5. The first-order valence-electron chi connectivity index (χ1n) is 5.17. The number of carbonyl (C=O) groups is 1. The third-order valence-corrected chi connectivity index (χ3v) is 2.56. The molecule has 1 heterocycles. The van der Waals surface area contributed by atoms with Crippen molar-refractivity contribution in [3.8, 4) is 23.7 Å². The first-order valence-corrected chi connectivity index (χ1v) is 5.55. The van der Waals surface area contributed by atoms with Gasteiger partial charge in [0.2, 0.25) is 5.76 Å². The lowest BCUT2D eigenvalue weighted by molar-refractivity contribution is 0.0521. The Balaban J connectivity index is 2.24. The summed E-state index contributed by atoms with van der Waals surface area (Å²) in [6.45, 7) is -0.0824. The van der Waals surface area contributed by atoms with Gasteiger partial charge in [-0.15, -0.1) is 6.42 Å². The lowest BCUT2D eigenvalue weighted by Gasteiger charge is -2.00. The smallest absolute Gasteiger partial charge is 0.375 e. The van der Waals surface area contributed by atoms with Gasteiger partial charge in [0.25, 0.3) is 0 Å². The van der Waals surface area contributed by atoms with Crippen LogP contribution in [0.4, 0.5) is 0 Å². The molecule has 0 aliphatic rings. The van der Waals surface area contributed by atoms with Gasteiger partial charge in [0.15, 0.2) is 6.61 Å². The fourth-order valence-electron chi connectivity index (χ4n) is 1.43. The molecule has 0 saturated heterocycles. The van der Waals surface area contributed by atoms with Crippen molar-refractivity contribution in [1.29, 1.82) is 0 Å². The lowest BCUT2D eigenvalue weighted by atomic mass is 10.2. The third-order valence-electron chi connectivity index (χ3n) is 2.23. The van der Waals surface area contributed by atoms with Gasteiger partial charge in [-0.05, 0) is 24.3 Å². The Bertz CT molecular complexity index is 607. The van der Waals surface area contributed by atoms with E-state index in [2.05, 4.69) is 5.92 Å². The quantitative estimate of drug-likeness (QED) is 0.627. The van der Waals surface area contributed by atoms with E-state index >= 15 is 0 Å². The van der Waals surface area contributed by atoms with Gasteiger partial charge in [-0.3, -0.25) is 0 Å². The zero-order chi connectivity index (χ0) is 13.0. The molecule has 4 heteroatoms. The number of benzene rings is 1. The van der Waals surface area contributed by atoms with E-state index in [0.717, 1.165) is 5.56 Å². The summed E-state index contributed by atoms with van der Waals surface area (Å²) >= 11 is 6.03. The Hall–Kier alpha value is -2.18. The Morgan fingerprint density at radius 3 is 2.83 bits per heavy atom. The third kappa shape index (κ3) is 2.55. The summed E-state index contributed by atoms with van der Waals surface area (Å²) in [7, 11) is 0. The average Bonchev–Trinajstić information content (AvgIpc) is 2.86. The molecule has 0 bridgehead atoms. The molecular formula is C14H9ClO3. The van der Waals surface area contributed by atoms with Crippen LogP contribution in [-0.2, 0) is 4.74 Å². The molecule has 0 saturated carbocycles. The molecule has 0 amide bonds. The highest BCUT2D eigenvalue weighted by atomic mass is 35.5. The molecule has 0 atom stereocenters. The monoisotopic (exact) mass is 260 g/mol. The second-order valence-corrected chi connectivity index (χ2v) is 3.83. The minimum Gasteiger partial charge on any atom is -0.449 e. The molecule has 2 aromatic rings. The first-order chi connectivity index (χ1) is 8.72. The van der Waals surface area contributed by atoms with Crippen LogP contribution in [0.15, 0.2) is 40.8 Å². The number of ether oxygens (including phenoxy) is 1. The van der Waals surface area contributed by atoms with Gasteiger partial charge in [-0.25, -0.2) is 4.79 Å². The number of carbonyl (C=O) groups excluding carboxylic acids is 1. The first kappa shape index (κ1) is 12.3. The van der Waals surface area contributed by atoms with Crippen LogP contribution in [0.1, 0.15) is 10.6 Å². The van der Waals surface area contributed by atoms with Gasteiger partial charge in [0, 0.05) is 5.56 Å². The van der Waals surface area contributed by atoms with Gasteiger partial charge in [-0.1, -0.05) is 29.7 Å². The Morgan fingerprint density at radius 1 is 1.33 bits per heavy atom. The van der Waals surface area contributed by atoms with Crippen molar-refractivity contribution in [3.63, 3.8) is 0 Å². The van der Waals surface area contributed by atoms with Crippen molar-refractivity contribution in [1.82, 2.24) is 0 Å². The summed E-state index contributed by atoms with van der Waals surface area (Å²) in [5, 5.41) is 0.551. The molecule has 0 unspecified atom stereocenters. The molecule has 90 valence electrons. The normalized spacial score (nSPS) is 9.78. The summed E-state index contributed by atoms with van der Waals surface area (Å²) in [4.78, 5) is 11.5. The minimum atomic E-state index is -0.591. The molecule has 18 heavy (non-hydrogen) atoms. The Labute approximate surface area is 109 Å². The maximum absolute atomic E-state index is 11.5. The summed E-state index contributed by atoms with van der Waals surface area (Å²) in [6.07, 6.45) is 5.00. The standard InChI is InChI=1S/C14H9ClO3/c1-2-9-17-14(16)13-8-7-12(18-13)10-5-3-4-6-11(10)15/h1,3-8H,9H2. The van der Waals surface area contributed by atoms with Gasteiger partial charge < -0.3 is 9.15 Å². The summed E-state index contributed by atoms with van der Waals surface area (Å²) in [5.74, 6) is 2.22. The summed E-state index contributed by atoms with van der Waals surface area (Å²) in [5.41, 5.74) is 0.718. The molecule has 0 radical (unpaired) electrons. The van der Waals surface area contributed by atoms with Crippen molar-refractivity contribution in [2.24, 2.45) is 0 Å². The van der Waals surface area contributed by atoms with Crippen LogP contribution in [0.3, 0.4) is 0 Å². The van der Waals surface area contributed by atoms with Gasteiger partial charge >= 0.3 is 5.97 Å². The van der Waals surface area contributed by atoms with Crippen molar-refractivity contribution in [2.45, 2.75) is 0 Å². The second-order valence-electron chi connectivity index (χ2n) is 3.42. The number of rotatable bonds is 3. The van der Waals surface area contributed by atoms with Gasteiger partial charge in [0.05, 0.1) is 5.02 Å². The van der Waals surface area contributed by atoms with E-state index in [1.807, 2.05) is 12.1 Å². The summed E-state index contributed by atoms with van der Waals surface area (Å²) < 4.78 is 10.1. The van der Waals surface area contributed by atoms with Crippen LogP contribution in [0.25, 0.3) is 11.3 Å². The fraction of sp³-hybridized carbons (Fsp3) is 0.0714. The molecule has 0 spiro atoms. The van der Waals surface area contributed by atoms with Crippen LogP contribution in [0, 0.1) is 12.3 Å². The number of esters is 1. The van der Waals surface area contributed by atoms with E-state index in [0.29, 0.717) is 10.8 Å². The molecule has 0 fully saturated rings. The molecule has 0 aliphatic carbocycles. The van der Waals surface area contributed by atoms with E-state index < -0.39 is 5.97 Å². The SMILES string of the molecule is C#CCOC(=O)c1ccc(-c2ccccc2Cl)o1. The molecule has 0 N–H and O–H groups in total. The number of hydrogen-bond donors (Lipinski definition) is 0. The largest absolute Gasteiger partial charge is 0.449 e.